The van der Waals surface area contributed by atoms with Crippen molar-refractivity contribution in [3.8, 4) is 0 Å². The highest BCUT2D eigenvalue weighted by molar-refractivity contribution is 5.42. The van der Waals surface area contributed by atoms with Crippen LogP contribution in [0.4, 0.5) is 11.8 Å². The lowest BCUT2D eigenvalue weighted by Crippen LogP contribution is -2.48. The van der Waals surface area contributed by atoms with E-state index in [9.17, 15) is 15.3 Å². The van der Waals surface area contributed by atoms with Crippen molar-refractivity contribution in [1.82, 2.24) is 14.9 Å². The number of nitrogens with zero attached hydrogens (tertiary/aromatic N) is 4. The third-order valence-electron chi connectivity index (χ3n) is 5.96. The monoisotopic (exact) mass is 409 g/mol. The highest BCUT2D eigenvalue weighted by Crippen LogP contribution is 2.20. The standard InChI is InChI=1S/C20H35N5O4/c26-14-17(28)19(29)16(27)13-25-11-5-6-15(25)12-22-20-21-8-7-18(23-20)24-9-3-1-2-4-10-24/h7-8,15-17,19,26-29H,1-6,9-14H2,(H,21,22,23)/t15?,16-,17+,19-/m0/s1. The molecule has 5 N–H and O–H groups in total. The van der Waals surface area contributed by atoms with Gasteiger partial charge in [-0.3, -0.25) is 4.90 Å². The van der Waals surface area contributed by atoms with Gasteiger partial charge in [0.1, 0.15) is 18.0 Å². The average Bonchev–Trinajstić information content (AvgIpc) is 3.00. The second kappa shape index (κ2) is 11.0. The fourth-order valence-corrected chi connectivity index (χ4v) is 4.20. The lowest BCUT2D eigenvalue weighted by molar-refractivity contribution is -0.0846. The fraction of sp³-hybridized carbons (Fsp3) is 0.800. The SMILES string of the molecule is OC[C@@H](O)[C@@H](O)[C@@H](O)CN1CCCC1CNc1nccc(N2CCCCCC2)n1. The topological polar surface area (TPSA) is 125 Å². The van der Waals surface area contributed by atoms with E-state index in [1.165, 1.54) is 25.7 Å². The van der Waals surface area contributed by atoms with Crippen molar-refractivity contribution in [1.29, 1.82) is 0 Å². The first-order valence-corrected chi connectivity index (χ1v) is 10.8. The molecule has 3 rings (SSSR count). The summed E-state index contributed by atoms with van der Waals surface area (Å²) >= 11 is 0. The van der Waals surface area contributed by atoms with Crippen LogP contribution in [0.2, 0.25) is 0 Å². The van der Waals surface area contributed by atoms with Gasteiger partial charge in [-0.2, -0.15) is 4.98 Å². The Hall–Kier alpha value is -1.52. The van der Waals surface area contributed by atoms with Crippen LogP contribution in [0.5, 0.6) is 0 Å². The number of β-amino-alcohol motifs (C(OH)–C–C–N with tert-alkyl or cyclic N) is 1. The lowest BCUT2D eigenvalue weighted by atomic mass is 10.1. The maximum absolute atomic E-state index is 10.2. The Morgan fingerprint density at radius 1 is 1.03 bits per heavy atom. The maximum Gasteiger partial charge on any atom is 0.224 e. The molecule has 0 bridgehead atoms. The van der Waals surface area contributed by atoms with E-state index in [1.807, 2.05) is 6.07 Å². The third-order valence-corrected chi connectivity index (χ3v) is 5.96. The largest absolute Gasteiger partial charge is 0.394 e. The quantitative estimate of drug-likeness (QED) is 0.377. The van der Waals surface area contributed by atoms with Crippen LogP contribution in [0.3, 0.4) is 0 Å². The Labute approximate surface area is 172 Å². The first-order valence-electron chi connectivity index (χ1n) is 10.8. The molecule has 0 saturated carbocycles. The van der Waals surface area contributed by atoms with Crippen LogP contribution >= 0.6 is 0 Å². The molecule has 29 heavy (non-hydrogen) atoms. The van der Waals surface area contributed by atoms with Gasteiger partial charge in [-0.1, -0.05) is 12.8 Å². The summed E-state index contributed by atoms with van der Waals surface area (Å²) in [6, 6.07) is 2.15. The number of hydrogen-bond donors (Lipinski definition) is 5. The van der Waals surface area contributed by atoms with Crippen molar-refractivity contribution in [3.05, 3.63) is 12.3 Å². The van der Waals surface area contributed by atoms with E-state index in [1.54, 1.807) is 6.20 Å². The molecule has 0 amide bonds. The molecule has 2 aliphatic heterocycles. The van der Waals surface area contributed by atoms with Crippen molar-refractivity contribution in [3.63, 3.8) is 0 Å². The van der Waals surface area contributed by atoms with E-state index in [2.05, 4.69) is 25.1 Å². The minimum atomic E-state index is -1.36. The summed E-state index contributed by atoms with van der Waals surface area (Å²) in [5.74, 6) is 1.57. The Bertz CT molecular complexity index is 614. The van der Waals surface area contributed by atoms with Gasteiger partial charge in [-0.05, 0) is 38.3 Å². The Balaban J connectivity index is 1.53. The number of aliphatic hydroxyl groups is 4. The zero-order valence-electron chi connectivity index (χ0n) is 17.0. The molecular weight excluding hydrogens is 374 g/mol. The summed E-state index contributed by atoms with van der Waals surface area (Å²) in [4.78, 5) is 13.5. The first-order chi connectivity index (χ1) is 14.1. The summed E-state index contributed by atoms with van der Waals surface area (Å²) in [5, 5.41) is 41.9. The minimum Gasteiger partial charge on any atom is -0.394 e. The fourth-order valence-electron chi connectivity index (χ4n) is 4.20. The van der Waals surface area contributed by atoms with E-state index in [0.29, 0.717) is 12.5 Å². The second-order valence-corrected chi connectivity index (χ2v) is 8.12. The Morgan fingerprint density at radius 3 is 2.52 bits per heavy atom. The van der Waals surface area contributed by atoms with Gasteiger partial charge in [0.05, 0.1) is 12.7 Å². The van der Waals surface area contributed by atoms with Crippen LogP contribution < -0.4 is 10.2 Å². The van der Waals surface area contributed by atoms with Crippen molar-refractivity contribution in [2.45, 2.75) is 62.9 Å². The molecule has 3 heterocycles. The van der Waals surface area contributed by atoms with Crippen LogP contribution in [0.15, 0.2) is 12.3 Å². The number of aliphatic hydroxyl groups excluding tert-OH is 4. The molecular formula is C20H35N5O4. The molecule has 0 radical (unpaired) electrons. The van der Waals surface area contributed by atoms with E-state index in [-0.39, 0.29) is 12.6 Å². The van der Waals surface area contributed by atoms with Crippen LogP contribution in [-0.4, -0.2) is 99.0 Å². The molecule has 2 aliphatic rings. The zero-order valence-corrected chi connectivity index (χ0v) is 17.0. The zero-order chi connectivity index (χ0) is 20.6. The molecule has 9 nitrogen and oxygen atoms in total. The Morgan fingerprint density at radius 2 is 1.79 bits per heavy atom. The van der Waals surface area contributed by atoms with E-state index in [0.717, 1.165) is 38.3 Å². The van der Waals surface area contributed by atoms with Crippen LogP contribution in [0.1, 0.15) is 38.5 Å². The van der Waals surface area contributed by atoms with Gasteiger partial charge in [0, 0.05) is 38.4 Å². The van der Waals surface area contributed by atoms with E-state index < -0.39 is 24.9 Å². The molecule has 2 fully saturated rings. The predicted molar refractivity (Wildman–Crippen MR) is 111 cm³/mol. The highest BCUT2D eigenvalue weighted by atomic mass is 16.4. The minimum absolute atomic E-state index is 0.188. The van der Waals surface area contributed by atoms with Gasteiger partial charge < -0.3 is 30.6 Å². The number of likely N-dealkylation sites (tertiary alicyclic amines) is 1. The van der Waals surface area contributed by atoms with Crippen LogP contribution in [0, 0.1) is 0 Å². The number of rotatable bonds is 9. The molecule has 1 unspecified atom stereocenters. The summed E-state index contributed by atoms with van der Waals surface area (Å²) in [6.07, 6.45) is 4.92. The van der Waals surface area contributed by atoms with Crippen LogP contribution in [-0.2, 0) is 0 Å². The van der Waals surface area contributed by atoms with Gasteiger partial charge in [0.25, 0.3) is 0 Å². The van der Waals surface area contributed by atoms with Crippen LogP contribution in [0.25, 0.3) is 0 Å². The molecule has 9 heteroatoms. The van der Waals surface area contributed by atoms with Crippen molar-refractivity contribution >= 4 is 11.8 Å². The molecule has 0 aromatic carbocycles. The van der Waals surface area contributed by atoms with Gasteiger partial charge >= 0.3 is 0 Å². The number of hydrogen-bond acceptors (Lipinski definition) is 9. The van der Waals surface area contributed by atoms with Crippen molar-refractivity contribution in [2.75, 3.05) is 49.5 Å². The first kappa shape index (κ1) is 22.2. The van der Waals surface area contributed by atoms with E-state index in [4.69, 9.17) is 5.11 Å². The van der Waals surface area contributed by atoms with Crippen molar-refractivity contribution in [2.24, 2.45) is 0 Å². The number of aromatic nitrogens is 2. The molecule has 0 spiro atoms. The summed E-state index contributed by atoms with van der Waals surface area (Å²) in [5.41, 5.74) is 0. The van der Waals surface area contributed by atoms with Gasteiger partial charge in [0.2, 0.25) is 5.95 Å². The third kappa shape index (κ3) is 6.23. The highest BCUT2D eigenvalue weighted by Gasteiger charge is 2.31. The maximum atomic E-state index is 10.2. The smallest absolute Gasteiger partial charge is 0.224 e. The molecule has 1 aromatic heterocycles. The van der Waals surface area contributed by atoms with Gasteiger partial charge in [-0.25, -0.2) is 4.98 Å². The molecule has 0 aliphatic carbocycles. The molecule has 164 valence electrons. The summed E-state index contributed by atoms with van der Waals surface area (Å²) in [7, 11) is 0. The normalized spacial score (nSPS) is 24.1. The van der Waals surface area contributed by atoms with E-state index >= 15 is 0 Å². The summed E-state index contributed by atoms with van der Waals surface area (Å²) in [6.45, 7) is 3.21. The number of nitrogens with one attached hydrogen (secondary N) is 1. The Kier molecular flexibility index (Phi) is 8.43. The molecule has 1 aromatic rings. The molecule has 2 saturated heterocycles. The van der Waals surface area contributed by atoms with Gasteiger partial charge in [-0.15, -0.1) is 0 Å². The average molecular weight is 410 g/mol. The lowest BCUT2D eigenvalue weighted by Gasteiger charge is -2.30. The summed E-state index contributed by atoms with van der Waals surface area (Å²) < 4.78 is 0. The van der Waals surface area contributed by atoms with Crippen molar-refractivity contribution < 1.29 is 20.4 Å². The van der Waals surface area contributed by atoms with Gasteiger partial charge in [0.15, 0.2) is 0 Å². The second-order valence-electron chi connectivity index (χ2n) is 8.12. The molecule has 4 atom stereocenters. The number of anilines is 2. The predicted octanol–water partition coefficient (Wildman–Crippen LogP) is -0.192.